The van der Waals surface area contributed by atoms with Crippen molar-refractivity contribution in [3.05, 3.63) is 24.0 Å². The van der Waals surface area contributed by atoms with E-state index in [1.54, 1.807) is 25.6 Å². The molecule has 1 amide bonds. The van der Waals surface area contributed by atoms with Crippen LogP contribution in [0.4, 0.5) is 0 Å². The van der Waals surface area contributed by atoms with Crippen LogP contribution in [-0.2, 0) is 4.79 Å². The average Bonchev–Trinajstić information content (AvgIpc) is 2.24. The Bertz CT molecular complexity index is 405. The molecule has 0 saturated carbocycles. The number of aromatic nitrogens is 1. The molecule has 0 bridgehead atoms. The van der Waals surface area contributed by atoms with Gasteiger partial charge in [0.15, 0.2) is 0 Å². The minimum atomic E-state index is -0.0898. The van der Waals surface area contributed by atoms with E-state index in [0.29, 0.717) is 12.3 Å². The number of pyridine rings is 1. The fourth-order valence-corrected chi connectivity index (χ4v) is 0.914. The zero-order valence-corrected chi connectivity index (χ0v) is 8.70. The van der Waals surface area contributed by atoms with Crippen LogP contribution in [0.1, 0.15) is 12.5 Å². The Hall–Kier alpha value is -2.02. The summed E-state index contributed by atoms with van der Waals surface area (Å²) in [5.41, 5.74) is 0.764. The number of ether oxygens (including phenoxy) is 1. The van der Waals surface area contributed by atoms with Gasteiger partial charge in [-0.1, -0.05) is 11.8 Å². The first-order valence-corrected chi connectivity index (χ1v) is 4.44. The topological polar surface area (TPSA) is 51.2 Å². The molecule has 0 spiro atoms. The summed E-state index contributed by atoms with van der Waals surface area (Å²) in [6.07, 6.45) is 3.25. The summed E-state index contributed by atoms with van der Waals surface area (Å²) < 4.78 is 5.00. The summed E-state index contributed by atoms with van der Waals surface area (Å²) in [7, 11) is 1.57. The molecule has 78 valence electrons. The van der Waals surface area contributed by atoms with Crippen molar-refractivity contribution in [2.75, 3.05) is 13.7 Å². The lowest BCUT2D eigenvalue weighted by atomic mass is 10.3. The van der Waals surface area contributed by atoms with Crippen LogP contribution < -0.4 is 10.1 Å². The number of methoxy groups -OCH3 is 1. The molecule has 1 N–H and O–H groups in total. The van der Waals surface area contributed by atoms with Gasteiger partial charge in [0.2, 0.25) is 5.91 Å². The molecule has 0 saturated heterocycles. The van der Waals surface area contributed by atoms with E-state index in [-0.39, 0.29) is 5.91 Å². The zero-order chi connectivity index (χ0) is 11.1. The first-order chi connectivity index (χ1) is 7.22. The third-order valence-electron chi connectivity index (χ3n) is 1.61. The fraction of sp³-hybridized carbons (Fsp3) is 0.273. The molecule has 0 atom stereocenters. The maximum absolute atomic E-state index is 10.5. The van der Waals surface area contributed by atoms with Crippen molar-refractivity contribution in [2.24, 2.45) is 0 Å². The van der Waals surface area contributed by atoms with Crippen LogP contribution in [0.15, 0.2) is 18.5 Å². The Morgan fingerprint density at radius 1 is 1.60 bits per heavy atom. The van der Waals surface area contributed by atoms with E-state index in [9.17, 15) is 4.79 Å². The second kappa shape index (κ2) is 5.66. The van der Waals surface area contributed by atoms with Gasteiger partial charge in [-0.05, 0) is 6.07 Å². The Balaban J connectivity index is 2.59. The Morgan fingerprint density at radius 3 is 3.07 bits per heavy atom. The summed E-state index contributed by atoms with van der Waals surface area (Å²) >= 11 is 0. The van der Waals surface area contributed by atoms with E-state index in [0.717, 1.165) is 5.56 Å². The SMILES string of the molecule is COc1cncc(C#CCNC(C)=O)c1. The molecule has 0 aliphatic heterocycles. The van der Waals surface area contributed by atoms with Gasteiger partial charge >= 0.3 is 0 Å². The van der Waals surface area contributed by atoms with Crippen LogP contribution in [0.3, 0.4) is 0 Å². The molecule has 1 aromatic heterocycles. The van der Waals surface area contributed by atoms with Crippen molar-refractivity contribution in [3.8, 4) is 17.6 Å². The van der Waals surface area contributed by atoms with Gasteiger partial charge < -0.3 is 10.1 Å². The van der Waals surface area contributed by atoms with E-state index in [1.165, 1.54) is 6.92 Å². The number of nitrogens with one attached hydrogen (secondary N) is 1. The molecule has 0 unspecified atom stereocenters. The number of carbonyl (C=O) groups is 1. The van der Waals surface area contributed by atoms with E-state index < -0.39 is 0 Å². The molecule has 4 heteroatoms. The van der Waals surface area contributed by atoms with Gasteiger partial charge in [-0.15, -0.1) is 0 Å². The van der Waals surface area contributed by atoms with Crippen LogP contribution >= 0.6 is 0 Å². The third kappa shape index (κ3) is 4.14. The van der Waals surface area contributed by atoms with E-state index >= 15 is 0 Å². The van der Waals surface area contributed by atoms with Gasteiger partial charge in [-0.3, -0.25) is 9.78 Å². The number of carbonyl (C=O) groups excluding carboxylic acids is 1. The van der Waals surface area contributed by atoms with Gasteiger partial charge in [0, 0.05) is 18.7 Å². The lowest BCUT2D eigenvalue weighted by Crippen LogP contribution is -2.19. The summed E-state index contributed by atoms with van der Waals surface area (Å²) in [5.74, 6) is 6.25. The Labute approximate surface area is 88.7 Å². The molecule has 0 aromatic carbocycles. The lowest BCUT2D eigenvalue weighted by Gasteiger charge is -1.97. The largest absolute Gasteiger partial charge is 0.495 e. The summed E-state index contributed by atoms with van der Waals surface area (Å²) in [6, 6.07) is 1.79. The third-order valence-corrected chi connectivity index (χ3v) is 1.61. The number of rotatable bonds is 2. The molecule has 1 aromatic rings. The first kappa shape index (κ1) is 11.1. The Morgan fingerprint density at radius 2 is 2.40 bits per heavy atom. The lowest BCUT2D eigenvalue weighted by molar-refractivity contribution is -0.118. The van der Waals surface area contributed by atoms with Gasteiger partial charge in [-0.2, -0.15) is 0 Å². The van der Waals surface area contributed by atoms with Gasteiger partial charge in [0.05, 0.1) is 19.9 Å². The maximum Gasteiger partial charge on any atom is 0.217 e. The number of hydrogen-bond acceptors (Lipinski definition) is 3. The minimum Gasteiger partial charge on any atom is -0.495 e. The standard InChI is InChI=1S/C11H12N2O2/c1-9(14)13-5-3-4-10-6-11(15-2)8-12-7-10/h6-8H,5H2,1-2H3,(H,13,14). The van der Waals surface area contributed by atoms with Crippen molar-refractivity contribution < 1.29 is 9.53 Å². The molecule has 15 heavy (non-hydrogen) atoms. The highest BCUT2D eigenvalue weighted by atomic mass is 16.5. The maximum atomic E-state index is 10.5. The van der Waals surface area contributed by atoms with Gasteiger partial charge in [0.25, 0.3) is 0 Å². The van der Waals surface area contributed by atoms with Crippen LogP contribution in [0, 0.1) is 11.8 Å². The highest BCUT2D eigenvalue weighted by molar-refractivity contribution is 5.73. The molecule has 0 fully saturated rings. The minimum absolute atomic E-state index is 0.0898. The van der Waals surface area contributed by atoms with Crippen molar-refractivity contribution >= 4 is 5.91 Å². The monoisotopic (exact) mass is 204 g/mol. The van der Waals surface area contributed by atoms with Gasteiger partial charge in [-0.25, -0.2) is 0 Å². The number of nitrogens with zero attached hydrogens (tertiary/aromatic N) is 1. The van der Waals surface area contributed by atoms with Crippen molar-refractivity contribution in [1.82, 2.24) is 10.3 Å². The number of amides is 1. The smallest absolute Gasteiger partial charge is 0.217 e. The van der Waals surface area contributed by atoms with E-state index in [4.69, 9.17) is 4.74 Å². The van der Waals surface area contributed by atoms with Crippen LogP contribution in [0.2, 0.25) is 0 Å². The molecule has 0 aliphatic carbocycles. The van der Waals surface area contributed by atoms with E-state index in [2.05, 4.69) is 22.1 Å². The average molecular weight is 204 g/mol. The van der Waals surface area contributed by atoms with Crippen molar-refractivity contribution in [1.29, 1.82) is 0 Å². The molecular formula is C11H12N2O2. The molecule has 0 aliphatic rings. The highest BCUT2D eigenvalue weighted by Gasteiger charge is 1.92. The summed E-state index contributed by atoms with van der Waals surface area (Å²) in [6.45, 7) is 1.79. The predicted octanol–water partition coefficient (Wildman–Crippen LogP) is 0.578. The molecular weight excluding hydrogens is 192 g/mol. The Kier molecular flexibility index (Phi) is 4.17. The van der Waals surface area contributed by atoms with Crippen molar-refractivity contribution in [2.45, 2.75) is 6.92 Å². The second-order valence-corrected chi connectivity index (χ2v) is 2.82. The number of hydrogen-bond donors (Lipinski definition) is 1. The second-order valence-electron chi connectivity index (χ2n) is 2.82. The van der Waals surface area contributed by atoms with Crippen LogP contribution in [0.5, 0.6) is 5.75 Å². The normalized spacial score (nSPS) is 8.67. The molecule has 0 radical (unpaired) electrons. The summed E-state index contributed by atoms with van der Waals surface area (Å²) in [4.78, 5) is 14.5. The zero-order valence-electron chi connectivity index (χ0n) is 8.70. The van der Waals surface area contributed by atoms with Crippen molar-refractivity contribution in [3.63, 3.8) is 0 Å². The first-order valence-electron chi connectivity index (χ1n) is 4.44. The highest BCUT2D eigenvalue weighted by Crippen LogP contribution is 2.08. The quantitative estimate of drug-likeness (QED) is 0.717. The predicted molar refractivity (Wildman–Crippen MR) is 56.4 cm³/mol. The summed E-state index contributed by atoms with van der Waals surface area (Å²) in [5, 5.41) is 2.58. The van der Waals surface area contributed by atoms with E-state index in [1.807, 2.05) is 0 Å². The molecule has 1 rings (SSSR count). The van der Waals surface area contributed by atoms with Crippen LogP contribution in [-0.4, -0.2) is 24.5 Å². The fourth-order valence-electron chi connectivity index (χ4n) is 0.914. The van der Waals surface area contributed by atoms with Gasteiger partial charge in [0.1, 0.15) is 5.75 Å². The van der Waals surface area contributed by atoms with Crippen LogP contribution in [0.25, 0.3) is 0 Å². The molecule has 1 heterocycles. The molecule has 4 nitrogen and oxygen atoms in total.